The Morgan fingerprint density at radius 1 is 1.24 bits per heavy atom. The van der Waals surface area contributed by atoms with Gasteiger partial charge in [-0.2, -0.15) is 0 Å². The van der Waals surface area contributed by atoms with Gasteiger partial charge in [0.25, 0.3) is 0 Å². The van der Waals surface area contributed by atoms with Crippen LogP contribution in [0.1, 0.15) is 27.2 Å². The van der Waals surface area contributed by atoms with Gasteiger partial charge in [-0.1, -0.05) is 25.1 Å². The molecule has 1 amide bonds. The van der Waals surface area contributed by atoms with Crippen LogP contribution < -0.4 is 4.90 Å². The first-order valence-electron chi connectivity index (χ1n) is 7.67. The first kappa shape index (κ1) is 16.0. The van der Waals surface area contributed by atoms with Crippen molar-refractivity contribution in [1.82, 2.24) is 0 Å². The highest BCUT2D eigenvalue weighted by atomic mass is 16.7. The van der Waals surface area contributed by atoms with E-state index in [0.29, 0.717) is 13.2 Å². The van der Waals surface area contributed by atoms with Gasteiger partial charge >= 0.3 is 0 Å². The Labute approximate surface area is 127 Å². The molecule has 1 aliphatic rings. The molecule has 2 rings (SSSR count). The van der Waals surface area contributed by atoms with Crippen LogP contribution in [0.25, 0.3) is 0 Å². The quantitative estimate of drug-likeness (QED) is 0.756. The highest BCUT2D eigenvalue weighted by Crippen LogP contribution is 2.48. The smallest absolute Gasteiger partial charge is 0.235 e. The molecule has 0 heterocycles. The van der Waals surface area contributed by atoms with E-state index in [1.54, 1.807) is 4.90 Å². The second kappa shape index (κ2) is 6.58. The first-order valence-corrected chi connectivity index (χ1v) is 7.67. The number of carbonyl (C=O) groups excluding carboxylic acids is 1. The van der Waals surface area contributed by atoms with Crippen LogP contribution in [0.15, 0.2) is 30.3 Å². The summed E-state index contributed by atoms with van der Waals surface area (Å²) in [6, 6.07) is 9.67. The van der Waals surface area contributed by atoms with Crippen molar-refractivity contribution in [3.8, 4) is 0 Å². The molecule has 4 nitrogen and oxygen atoms in total. The molecule has 4 heteroatoms. The van der Waals surface area contributed by atoms with E-state index in [-0.39, 0.29) is 17.7 Å². The minimum absolute atomic E-state index is 0.0567. The highest BCUT2D eigenvalue weighted by Gasteiger charge is 2.59. The molecule has 2 atom stereocenters. The fourth-order valence-electron chi connectivity index (χ4n) is 3.13. The fourth-order valence-corrected chi connectivity index (χ4v) is 3.13. The molecule has 0 saturated heterocycles. The van der Waals surface area contributed by atoms with Gasteiger partial charge in [-0.15, -0.1) is 0 Å². The van der Waals surface area contributed by atoms with Crippen LogP contribution in [0.3, 0.4) is 0 Å². The van der Waals surface area contributed by atoms with Gasteiger partial charge in [-0.25, -0.2) is 0 Å². The van der Waals surface area contributed by atoms with Gasteiger partial charge in [-0.3, -0.25) is 4.79 Å². The van der Waals surface area contributed by atoms with Crippen molar-refractivity contribution < 1.29 is 14.3 Å². The van der Waals surface area contributed by atoms with Gasteiger partial charge in [-0.05, 0) is 32.4 Å². The number of carbonyl (C=O) groups is 1. The lowest BCUT2D eigenvalue weighted by Crippen LogP contribution is -2.63. The second-order valence-corrected chi connectivity index (χ2v) is 5.51. The minimum atomic E-state index is -0.760. The third kappa shape index (κ3) is 2.83. The van der Waals surface area contributed by atoms with Gasteiger partial charge in [0.1, 0.15) is 0 Å². The van der Waals surface area contributed by atoms with Crippen molar-refractivity contribution in [1.29, 1.82) is 0 Å². The number of hydrogen-bond donors (Lipinski definition) is 0. The van der Waals surface area contributed by atoms with Crippen LogP contribution in [0, 0.1) is 11.8 Å². The van der Waals surface area contributed by atoms with Crippen molar-refractivity contribution in [3.05, 3.63) is 30.3 Å². The molecule has 1 aliphatic carbocycles. The van der Waals surface area contributed by atoms with Crippen LogP contribution in [0.2, 0.25) is 0 Å². The minimum Gasteiger partial charge on any atom is -0.349 e. The molecule has 116 valence electrons. The van der Waals surface area contributed by atoms with Crippen molar-refractivity contribution >= 4 is 11.6 Å². The average Bonchev–Trinajstić information content (AvgIpc) is 2.51. The third-order valence-corrected chi connectivity index (χ3v) is 4.27. The van der Waals surface area contributed by atoms with Crippen LogP contribution in [-0.4, -0.2) is 32.0 Å². The van der Waals surface area contributed by atoms with Gasteiger partial charge in [0.05, 0.1) is 5.92 Å². The molecular formula is C17H25NO3. The molecule has 1 saturated carbocycles. The maximum atomic E-state index is 12.8. The summed E-state index contributed by atoms with van der Waals surface area (Å²) in [6.07, 6.45) is 0.802. The van der Waals surface area contributed by atoms with E-state index in [2.05, 4.69) is 6.92 Å². The molecule has 1 fully saturated rings. The Bertz CT molecular complexity index is 468. The lowest BCUT2D eigenvalue weighted by atomic mass is 9.68. The Balaban J connectivity index is 2.18. The number of rotatable bonds is 6. The normalized spacial score (nSPS) is 23.4. The lowest BCUT2D eigenvalue weighted by molar-refractivity contribution is -0.328. The number of para-hydroxylation sites is 1. The molecule has 1 aromatic rings. The zero-order valence-corrected chi connectivity index (χ0v) is 13.3. The van der Waals surface area contributed by atoms with Gasteiger partial charge in [0.2, 0.25) is 5.91 Å². The first-order chi connectivity index (χ1) is 10.1. The van der Waals surface area contributed by atoms with Crippen LogP contribution >= 0.6 is 0 Å². The standard InChI is InChI=1S/C17H25NO3/c1-5-20-17(21-6-2)13(3)12-15(17)16(19)18(4)14-10-8-7-9-11-14/h7-11,13,15H,5-6,12H2,1-4H3/t13-,15+/m0/s1. The zero-order chi connectivity index (χ0) is 15.5. The predicted octanol–water partition coefficient (Wildman–Crippen LogP) is 3.07. The summed E-state index contributed by atoms with van der Waals surface area (Å²) in [6.45, 7) is 7.05. The molecule has 1 aromatic carbocycles. The molecule has 21 heavy (non-hydrogen) atoms. The highest BCUT2D eigenvalue weighted by molar-refractivity contribution is 5.95. The summed E-state index contributed by atoms with van der Waals surface area (Å²) in [5.74, 6) is -0.710. The molecule has 0 aliphatic heterocycles. The molecule has 0 aromatic heterocycles. The van der Waals surface area contributed by atoms with Crippen LogP contribution in [-0.2, 0) is 14.3 Å². The number of nitrogens with zero attached hydrogens (tertiary/aromatic N) is 1. The summed E-state index contributed by atoms with van der Waals surface area (Å²) in [5.41, 5.74) is 0.893. The largest absolute Gasteiger partial charge is 0.349 e. The van der Waals surface area contributed by atoms with Crippen molar-refractivity contribution in [2.75, 3.05) is 25.2 Å². The Hall–Kier alpha value is -1.39. The Kier molecular flexibility index (Phi) is 5.01. The SMILES string of the molecule is CCOC1(OCC)[C@@H](C(=O)N(C)c2ccccc2)C[C@@H]1C. The maximum absolute atomic E-state index is 12.8. The molecule has 0 unspecified atom stereocenters. The summed E-state index contributed by atoms with van der Waals surface area (Å²) in [7, 11) is 1.81. The van der Waals surface area contributed by atoms with E-state index in [4.69, 9.17) is 9.47 Å². The summed E-state index contributed by atoms with van der Waals surface area (Å²) in [4.78, 5) is 14.5. The number of amides is 1. The number of benzene rings is 1. The second-order valence-electron chi connectivity index (χ2n) is 5.51. The predicted molar refractivity (Wildman–Crippen MR) is 83.1 cm³/mol. The Morgan fingerprint density at radius 3 is 2.29 bits per heavy atom. The van der Waals surface area contributed by atoms with Crippen molar-refractivity contribution in [2.45, 2.75) is 33.0 Å². The topological polar surface area (TPSA) is 38.8 Å². The maximum Gasteiger partial charge on any atom is 0.235 e. The monoisotopic (exact) mass is 291 g/mol. The van der Waals surface area contributed by atoms with Gasteiger partial charge in [0.15, 0.2) is 5.79 Å². The average molecular weight is 291 g/mol. The van der Waals surface area contributed by atoms with E-state index < -0.39 is 5.79 Å². The van der Waals surface area contributed by atoms with Gasteiger partial charge < -0.3 is 14.4 Å². The number of hydrogen-bond acceptors (Lipinski definition) is 3. The number of ether oxygens (including phenoxy) is 2. The zero-order valence-electron chi connectivity index (χ0n) is 13.3. The van der Waals surface area contributed by atoms with Crippen molar-refractivity contribution in [3.63, 3.8) is 0 Å². The van der Waals surface area contributed by atoms with E-state index >= 15 is 0 Å². The van der Waals surface area contributed by atoms with Gasteiger partial charge in [0, 0.05) is 31.9 Å². The third-order valence-electron chi connectivity index (χ3n) is 4.27. The molecule has 0 radical (unpaired) electrons. The van der Waals surface area contributed by atoms with Crippen molar-refractivity contribution in [2.24, 2.45) is 11.8 Å². The van der Waals surface area contributed by atoms with E-state index in [9.17, 15) is 4.79 Å². The lowest BCUT2D eigenvalue weighted by Gasteiger charge is -2.53. The molecule has 0 N–H and O–H groups in total. The number of anilines is 1. The summed E-state index contributed by atoms with van der Waals surface area (Å²) in [5, 5.41) is 0. The summed E-state index contributed by atoms with van der Waals surface area (Å²) >= 11 is 0. The van der Waals surface area contributed by atoms with E-state index in [1.165, 1.54) is 0 Å². The molecular weight excluding hydrogens is 266 g/mol. The Morgan fingerprint density at radius 2 is 1.81 bits per heavy atom. The molecule has 0 bridgehead atoms. The van der Waals surface area contributed by atoms with Crippen LogP contribution in [0.5, 0.6) is 0 Å². The van der Waals surface area contributed by atoms with Crippen LogP contribution in [0.4, 0.5) is 5.69 Å². The van der Waals surface area contributed by atoms with E-state index in [1.807, 2.05) is 51.2 Å². The molecule has 0 spiro atoms. The summed E-state index contributed by atoms with van der Waals surface area (Å²) < 4.78 is 11.7. The van der Waals surface area contributed by atoms with E-state index in [0.717, 1.165) is 12.1 Å². The fraction of sp³-hybridized carbons (Fsp3) is 0.588.